The van der Waals surface area contributed by atoms with Gasteiger partial charge in [-0.1, -0.05) is 30.3 Å². The summed E-state index contributed by atoms with van der Waals surface area (Å²) in [5.41, 5.74) is 3.44. The molecule has 2 aromatic carbocycles. The summed E-state index contributed by atoms with van der Waals surface area (Å²) in [6.07, 6.45) is 5.41. The number of aryl methyl sites for hydroxylation is 1. The predicted octanol–water partition coefficient (Wildman–Crippen LogP) is 3.91. The molecule has 0 bridgehead atoms. The molecular weight excluding hydrogens is 364 g/mol. The summed E-state index contributed by atoms with van der Waals surface area (Å²) in [7, 11) is 1.62. The largest absolute Gasteiger partial charge is 0.496 e. The van der Waals surface area contributed by atoms with Crippen molar-refractivity contribution in [2.24, 2.45) is 0 Å². The molecule has 0 atom stereocenters. The van der Waals surface area contributed by atoms with Crippen LogP contribution in [-0.2, 0) is 6.54 Å². The molecule has 0 radical (unpaired) electrons. The molecular formula is C23H22N4O2. The molecule has 0 aliphatic heterocycles. The Kier molecular flexibility index (Phi) is 5.16. The minimum absolute atomic E-state index is 0.196. The van der Waals surface area contributed by atoms with Gasteiger partial charge in [0.1, 0.15) is 11.3 Å². The van der Waals surface area contributed by atoms with E-state index in [0.717, 1.165) is 22.6 Å². The fourth-order valence-corrected chi connectivity index (χ4v) is 3.29. The van der Waals surface area contributed by atoms with Crippen molar-refractivity contribution in [1.82, 2.24) is 19.7 Å². The zero-order valence-electron chi connectivity index (χ0n) is 16.4. The van der Waals surface area contributed by atoms with E-state index in [-0.39, 0.29) is 5.91 Å². The second-order valence-corrected chi connectivity index (χ2v) is 6.72. The van der Waals surface area contributed by atoms with Gasteiger partial charge in [0.15, 0.2) is 5.82 Å². The number of amides is 1. The molecule has 4 aromatic rings. The number of hydrogen-bond acceptors (Lipinski definition) is 3. The van der Waals surface area contributed by atoms with E-state index in [9.17, 15) is 4.79 Å². The van der Waals surface area contributed by atoms with Gasteiger partial charge in [-0.25, -0.2) is 4.68 Å². The Labute approximate surface area is 169 Å². The van der Waals surface area contributed by atoms with E-state index in [1.807, 2.05) is 84.5 Å². The smallest absolute Gasteiger partial charge is 0.256 e. The van der Waals surface area contributed by atoms with E-state index in [4.69, 9.17) is 4.74 Å². The Morgan fingerprint density at radius 2 is 1.86 bits per heavy atom. The first-order valence-corrected chi connectivity index (χ1v) is 9.36. The van der Waals surface area contributed by atoms with Gasteiger partial charge in [0.2, 0.25) is 0 Å². The van der Waals surface area contributed by atoms with Crippen molar-refractivity contribution in [3.05, 3.63) is 95.9 Å². The van der Waals surface area contributed by atoms with Crippen LogP contribution in [-0.4, -0.2) is 27.4 Å². The van der Waals surface area contributed by atoms with Crippen LogP contribution in [0.1, 0.15) is 21.5 Å². The lowest BCUT2D eigenvalue weighted by molar-refractivity contribution is 0.0950. The highest BCUT2D eigenvalue weighted by atomic mass is 16.5. The van der Waals surface area contributed by atoms with Gasteiger partial charge >= 0.3 is 0 Å². The maximum atomic E-state index is 13.0. The average molecular weight is 386 g/mol. The lowest BCUT2D eigenvalue weighted by Crippen LogP contribution is -2.24. The lowest BCUT2D eigenvalue weighted by atomic mass is 10.2. The first kappa shape index (κ1) is 18.6. The number of carbonyl (C=O) groups excluding carboxylic acids is 1. The standard InChI is InChI=1S/C23H22N4O2/c1-17-8-7-10-19(14-17)27-23(26-12-5-6-13-26)20(16-25-27)22(28)24-15-18-9-3-4-11-21(18)29-2/h3-14,16H,15H2,1-2H3,(H,24,28). The fourth-order valence-electron chi connectivity index (χ4n) is 3.29. The third-order valence-electron chi connectivity index (χ3n) is 4.72. The van der Waals surface area contributed by atoms with Crippen LogP contribution in [0.3, 0.4) is 0 Å². The number of nitrogens with one attached hydrogen (secondary N) is 1. The highest BCUT2D eigenvalue weighted by molar-refractivity contribution is 5.97. The van der Waals surface area contributed by atoms with E-state index in [1.54, 1.807) is 18.0 Å². The zero-order chi connectivity index (χ0) is 20.2. The minimum Gasteiger partial charge on any atom is -0.496 e. The van der Waals surface area contributed by atoms with Crippen molar-refractivity contribution in [3.63, 3.8) is 0 Å². The monoisotopic (exact) mass is 386 g/mol. The molecule has 6 nitrogen and oxygen atoms in total. The summed E-state index contributed by atoms with van der Waals surface area (Å²) >= 11 is 0. The maximum absolute atomic E-state index is 13.0. The summed E-state index contributed by atoms with van der Waals surface area (Å²) in [5, 5.41) is 7.49. The van der Waals surface area contributed by atoms with Gasteiger partial charge in [-0.05, 0) is 42.8 Å². The van der Waals surface area contributed by atoms with Gasteiger partial charge in [0.05, 0.1) is 19.0 Å². The molecule has 0 fully saturated rings. The molecule has 0 aliphatic rings. The number of carbonyl (C=O) groups is 1. The number of benzene rings is 2. The molecule has 146 valence electrons. The Bertz CT molecular complexity index is 1130. The highest BCUT2D eigenvalue weighted by Gasteiger charge is 2.20. The third kappa shape index (κ3) is 3.78. The second kappa shape index (κ2) is 8.06. The molecule has 2 aromatic heterocycles. The van der Waals surface area contributed by atoms with Crippen molar-refractivity contribution in [1.29, 1.82) is 0 Å². The van der Waals surface area contributed by atoms with Gasteiger partial charge in [-0.2, -0.15) is 5.10 Å². The highest BCUT2D eigenvalue weighted by Crippen LogP contribution is 2.21. The summed E-state index contributed by atoms with van der Waals surface area (Å²) < 4.78 is 9.05. The molecule has 1 amide bonds. The van der Waals surface area contributed by atoms with Gasteiger partial charge in [-0.3, -0.25) is 4.79 Å². The molecule has 0 saturated carbocycles. The summed E-state index contributed by atoms with van der Waals surface area (Å²) in [6.45, 7) is 2.40. The number of methoxy groups -OCH3 is 1. The maximum Gasteiger partial charge on any atom is 0.256 e. The Balaban J connectivity index is 1.68. The first-order valence-electron chi connectivity index (χ1n) is 9.36. The van der Waals surface area contributed by atoms with Crippen LogP contribution in [0.15, 0.2) is 79.3 Å². The van der Waals surface area contributed by atoms with Crippen LogP contribution in [0.5, 0.6) is 5.75 Å². The minimum atomic E-state index is -0.196. The van der Waals surface area contributed by atoms with Gasteiger partial charge < -0.3 is 14.6 Å². The van der Waals surface area contributed by atoms with Crippen LogP contribution in [0.25, 0.3) is 11.5 Å². The van der Waals surface area contributed by atoms with Gasteiger partial charge in [0, 0.05) is 24.5 Å². The Hall–Kier alpha value is -3.80. The van der Waals surface area contributed by atoms with E-state index in [1.165, 1.54) is 0 Å². The van der Waals surface area contributed by atoms with Crippen LogP contribution < -0.4 is 10.1 Å². The number of nitrogens with zero attached hydrogens (tertiary/aromatic N) is 3. The summed E-state index contributed by atoms with van der Waals surface area (Å²) in [4.78, 5) is 13.0. The molecule has 4 rings (SSSR count). The molecule has 0 aliphatic carbocycles. The predicted molar refractivity (Wildman–Crippen MR) is 112 cm³/mol. The van der Waals surface area contributed by atoms with Crippen molar-refractivity contribution >= 4 is 5.91 Å². The number of aromatic nitrogens is 3. The van der Waals surface area contributed by atoms with Crippen LogP contribution in [0.2, 0.25) is 0 Å². The van der Waals surface area contributed by atoms with Crippen LogP contribution in [0, 0.1) is 6.92 Å². The summed E-state index contributed by atoms with van der Waals surface area (Å²) in [6, 6.07) is 19.5. The SMILES string of the molecule is COc1ccccc1CNC(=O)c1cnn(-c2cccc(C)c2)c1-n1cccc1. The van der Waals surface area contributed by atoms with Crippen LogP contribution in [0.4, 0.5) is 0 Å². The fraction of sp³-hybridized carbons (Fsp3) is 0.130. The molecule has 6 heteroatoms. The normalized spacial score (nSPS) is 10.7. The number of ether oxygens (including phenoxy) is 1. The Morgan fingerprint density at radius 3 is 2.62 bits per heavy atom. The molecule has 0 spiro atoms. The summed E-state index contributed by atoms with van der Waals surface area (Å²) in [5.74, 6) is 1.24. The van der Waals surface area contributed by atoms with Gasteiger partial charge in [-0.15, -0.1) is 0 Å². The first-order chi connectivity index (χ1) is 14.2. The van der Waals surface area contributed by atoms with Crippen molar-refractivity contribution in [2.45, 2.75) is 13.5 Å². The van der Waals surface area contributed by atoms with Crippen molar-refractivity contribution < 1.29 is 9.53 Å². The average Bonchev–Trinajstić information content (AvgIpc) is 3.41. The lowest BCUT2D eigenvalue weighted by Gasteiger charge is -2.12. The molecule has 29 heavy (non-hydrogen) atoms. The number of hydrogen-bond donors (Lipinski definition) is 1. The second-order valence-electron chi connectivity index (χ2n) is 6.72. The van der Waals surface area contributed by atoms with E-state index < -0.39 is 0 Å². The van der Waals surface area contributed by atoms with E-state index in [0.29, 0.717) is 17.9 Å². The third-order valence-corrected chi connectivity index (χ3v) is 4.72. The topological polar surface area (TPSA) is 61.1 Å². The molecule has 0 saturated heterocycles. The quantitative estimate of drug-likeness (QED) is 0.547. The van der Waals surface area contributed by atoms with E-state index >= 15 is 0 Å². The number of para-hydroxylation sites is 1. The number of rotatable bonds is 6. The van der Waals surface area contributed by atoms with Crippen LogP contribution >= 0.6 is 0 Å². The molecule has 0 unspecified atom stereocenters. The van der Waals surface area contributed by atoms with E-state index in [2.05, 4.69) is 10.4 Å². The van der Waals surface area contributed by atoms with Crippen molar-refractivity contribution in [3.8, 4) is 17.3 Å². The van der Waals surface area contributed by atoms with Gasteiger partial charge in [0.25, 0.3) is 5.91 Å². The molecule has 2 heterocycles. The Morgan fingerprint density at radius 1 is 1.07 bits per heavy atom. The molecule has 1 N–H and O–H groups in total. The zero-order valence-corrected chi connectivity index (χ0v) is 16.4. The van der Waals surface area contributed by atoms with Crippen molar-refractivity contribution in [2.75, 3.05) is 7.11 Å².